The summed E-state index contributed by atoms with van der Waals surface area (Å²) in [5, 5.41) is 5.41. The highest BCUT2D eigenvalue weighted by molar-refractivity contribution is 6.21. The van der Waals surface area contributed by atoms with Crippen molar-refractivity contribution in [3.63, 3.8) is 0 Å². The van der Waals surface area contributed by atoms with Gasteiger partial charge < -0.3 is 4.98 Å². The van der Waals surface area contributed by atoms with Crippen LogP contribution in [0.2, 0.25) is 0 Å². The van der Waals surface area contributed by atoms with E-state index in [0.717, 1.165) is 5.52 Å². The zero-order valence-corrected chi connectivity index (χ0v) is 18.8. The Morgan fingerprint density at radius 3 is 2.31 bits per heavy atom. The zero-order valence-electron chi connectivity index (χ0n) is 18.8. The molecule has 2 aromatic heterocycles. The van der Waals surface area contributed by atoms with Crippen molar-refractivity contribution < 1.29 is 0 Å². The number of fused-ring (bicyclic) bond motifs is 7. The number of rotatable bonds is 0. The van der Waals surface area contributed by atoms with Crippen LogP contribution < -0.4 is 0 Å². The number of nitrogens with one attached hydrogen (secondary N) is 1. The summed E-state index contributed by atoms with van der Waals surface area (Å²) in [7, 11) is 0. The lowest BCUT2D eigenvalue weighted by molar-refractivity contribution is 0.326. The average molecular weight is 385 g/mol. The third-order valence-electron chi connectivity index (χ3n) is 7.18. The highest BCUT2D eigenvalue weighted by atomic mass is 14.8. The van der Waals surface area contributed by atoms with Gasteiger partial charge in [0.1, 0.15) is 0 Å². The molecule has 2 heteroatoms. The zero-order chi connectivity index (χ0) is 20.8. The van der Waals surface area contributed by atoms with Gasteiger partial charge in [0.2, 0.25) is 0 Å². The molecule has 0 saturated heterocycles. The molecule has 0 atom stereocenters. The Morgan fingerprint density at radius 2 is 1.59 bits per heavy atom. The number of nitrogens with zero attached hydrogens (tertiary/aromatic N) is 1. The third-order valence-corrected chi connectivity index (χ3v) is 7.18. The number of aromatic amines is 1. The molecule has 0 unspecified atom stereocenters. The van der Waals surface area contributed by atoms with Crippen LogP contribution in [-0.4, -0.2) is 9.97 Å². The van der Waals surface area contributed by atoms with Crippen LogP contribution >= 0.6 is 0 Å². The van der Waals surface area contributed by atoms with Crippen LogP contribution in [0.25, 0.3) is 32.6 Å². The highest BCUT2D eigenvalue weighted by Crippen LogP contribution is 2.49. The predicted octanol–water partition coefficient (Wildman–Crippen LogP) is 7.52. The van der Waals surface area contributed by atoms with E-state index in [0.29, 0.717) is 0 Å². The van der Waals surface area contributed by atoms with Crippen LogP contribution in [-0.2, 0) is 16.2 Å². The van der Waals surface area contributed by atoms with Gasteiger partial charge in [-0.25, -0.2) is 0 Å². The van der Waals surface area contributed by atoms with E-state index in [4.69, 9.17) is 4.98 Å². The maximum atomic E-state index is 4.99. The second-order valence-electron chi connectivity index (χ2n) is 11.3. The van der Waals surface area contributed by atoms with Crippen LogP contribution in [0.5, 0.6) is 0 Å². The van der Waals surface area contributed by atoms with Crippen LogP contribution in [0.3, 0.4) is 0 Å². The molecule has 0 bridgehead atoms. The molecule has 2 aromatic carbocycles. The van der Waals surface area contributed by atoms with Gasteiger partial charge in [0.15, 0.2) is 0 Å². The number of hydrogen-bond donors (Lipinski definition) is 1. The summed E-state index contributed by atoms with van der Waals surface area (Å²) >= 11 is 0. The number of pyridine rings is 1. The first-order valence-electron chi connectivity index (χ1n) is 10.9. The van der Waals surface area contributed by atoms with Crippen molar-refractivity contribution in [3.05, 3.63) is 53.3 Å². The van der Waals surface area contributed by atoms with Crippen LogP contribution in [0.1, 0.15) is 78.1 Å². The van der Waals surface area contributed by atoms with Gasteiger partial charge in [-0.3, -0.25) is 4.98 Å². The van der Waals surface area contributed by atoms with Gasteiger partial charge in [0, 0.05) is 21.7 Å². The van der Waals surface area contributed by atoms with Crippen molar-refractivity contribution >= 4 is 32.6 Å². The van der Waals surface area contributed by atoms with E-state index in [1.54, 1.807) is 0 Å². The lowest BCUT2D eigenvalue weighted by Gasteiger charge is -2.41. The molecule has 2 heterocycles. The van der Waals surface area contributed by atoms with Gasteiger partial charge in [-0.15, -0.1) is 0 Å². The fourth-order valence-corrected chi connectivity index (χ4v) is 5.22. The van der Waals surface area contributed by atoms with E-state index in [-0.39, 0.29) is 16.2 Å². The van der Waals surface area contributed by atoms with E-state index in [2.05, 4.69) is 90.0 Å². The van der Waals surface area contributed by atoms with Crippen molar-refractivity contribution in [2.24, 2.45) is 0 Å². The van der Waals surface area contributed by atoms with Gasteiger partial charge in [-0.05, 0) is 51.6 Å². The molecule has 0 radical (unpaired) electrons. The summed E-state index contributed by atoms with van der Waals surface area (Å²) in [5.74, 6) is 0. The number of benzene rings is 2. The van der Waals surface area contributed by atoms with Gasteiger partial charge in [-0.1, -0.05) is 72.7 Å². The van der Waals surface area contributed by atoms with Gasteiger partial charge in [0.05, 0.1) is 17.4 Å². The molecule has 0 fully saturated rings. The predicted molar refractivity (Wildman–Crippen MR) is 125 cm³/mol. The minimum atomic E-state index is 0.118. The summed E-state index contributed by atoms with van der Waals surface area (Å²) in [6.07, 6.45) is 4.44. The molecule has 0 aliphatic heterocycles. The molecule has 0 spiro atoms. The minimum Gasteiger partial charge on any atom is -0.353 e. The number of aromatic nitrogens is 2. The van der Waals surface area contributed by atoms with E-state index < -0.39 is 0 Å². The van der Waals surface area contributed by atoms with Crippen molar-refractivity contribution in [3.8, 4) is 0 Å². The Hall–Kier alpha value is -2.35. The first kappa shape index (κ1) is 18.7. The molecule has 1 aliphatic rings. The van der Waals surface area contributed by atoms with E-state index in [1.807, 2.05) is 0 Å². The Kier molecular flexibility index (Phi) is 3.62. The SMILES string of the molecule is CC(C)(C)c1ccc2c(ccc3[nH]c4cnc5c(c4c32)C(C)(C)CCC5(C)C)c1. The van der Waals surface area contributed by atoms with E-state index in [9.17, 15) is 0 Å². The Balaban J connectivity index is 1.95. The molecule has 5 rings (SSSR count). The molecular weight excluding hydrogens is 352 g/mol. The third kappa shape index (κ3) is 2.64. The van der Waals surface area contributed by atoms with Gasteiger partial charge in [0.25, 0.3) is 0 Å². The fraction of sp³-hybridized carbons (Fsp3) is 0.444. The minimum absolute atomic E-state index is 0.118. The molecular formula is C27H32N2. The topological polar surface area (TPSA) is 28.7 Å². The summed E-state index contributed by atoms with van der Waals surface area (Å²) in [4.78, 5) is 8.65. The number of hydrogen-bond acceptors (Lipinski definition) is 1. The summed E-state index contributed by atoms with van der Waals surface area (Å²) < 4.78 is 0. The Bertz CT molecular complexity index is 1280. The summed E-state index contributed by atoms with van der Waals surface area (Å²) in [5.41, 5.74) is 6.89. The highest BCUT2D eigenvalue weighted by Gasteiger charge is 2.40. The first-order valence-corrected chi connectivity index (χ1v) is 10.9. The molecule has 29 heavy (non-hydrogen) atoms. The van der Waals surface area contributed by atoms with E-state index in [1.165, 1.54) is 56.7 Å². The molecule has 1 aliphatic carbocycles. The second-order valence-corrected chi connectivity index (χ2v) is 11.3. The van der Waals surface area contributed by atoms with Crippen molar-refractivity contribution in [1.29, 1.82) is 0 Å². The molecule has 0 amide bonds. The Morgan fingerprint density at radius 1 is 0.862 bits per heavy atom. The lowest BCUT2D eigenvalue weighted by atomic mass is 9.64. The normalized spacial score (nSPS) is 18.4. The first-order chi connectivity index (χ1) is 13.5. The van der Waals surface area contributed by atoms with Crippen LogP contribution in [0.15, 0.2) is 36.5 Å². The molecule has 2 nitrogen and oxygen atoms in total. The summed E-state index contributed by atoms with van der Waals surface area (Å²) in [6.45, 7) is 16.3. The summed E-state index contributed by atoms with van der Waals surface area (Å²) in [6, 6.07) is 11.5. The molecule has 4 aromatic rings. The van der Waals surface area contributed by atoms with Gasteiger partial charge in [-0.2, -0.15) is 0 Å². The van der Waals surface area contributed by atoms with Crippen molar-refractivity contribution in [1.82, 2.24) is 9.97 Å². The Labute approximate surface area is 173 Å². The van der Waals surface area contributed by atoms with Crippen LogP contribution in [0.4, 0.5) is 0 Å². The average Bonchev–Trinajstić information content (AvgIpc) is 3.02. The smallest absolute Gasteiger partial charge is 0.0654 e. The monoisotopic (exact) mass is 384 g/mol. The van der Waals surface area contributed by atoms with E-state index >= 15 is 0 Å². The number of H-pyrrole nitrogens is 1. The van der Waals surface area contributed by atoms with Crippen LogP contribution in [0, 0.1) is 0 Å². The second kappa shape index (κ2) is 5.62. The standard InChI is InChI=1S/C27H32N2/c1-25(2,3)17-9-10-18-16(14-17)8-11-19-21(18)22-20(29-19)15-28-24-23(22)26(4,5)12-13-27(24,6)7/h8-11,14-15,29H,12-13H2,1-7H3. The fourth-order valence-electron chi connectivity index (χ4n) is 5.22. The lowest BCUT2D eigenvalue weighted by Crippen LogP contribution is -2.35. The quantitative estimate of drug-likeness (QED) is 0.334. The maximum absolute atomic E-state index is 4.99. The molecule has 150 valence electrons. The van der Waals surface area contributed by atoms with Crippen molar-refractivity contribution in [2.45, 2.75) is 77.6 Å². The van der Waals surface area contributed by atoms with Gasteiger partial charge >= 0.3 is 0 Å². The molecule has 0 saturated carbocycles. The largest absolute Gasteiger partial charge is 0.353 e. The maximum Gasteiger partial charge on any atom is 0.0654 e. The molecule has 1 N–H and O–H groups in total. The van der Waals surface area contributed by atoms with Crippen molar-refractivity contribution in [2.75, 3.05) is 0 Å².